The summed E-state index contributed by atoms with van der Waals surface area (Å²) >= 11 is 0. The molecule has 1 N–H and O–H groups in total. The minimum Gasteiger partial charge on any atom is -0.475 e. The van der Waals surface area contributed by atoms with Gasteiger partial charge in [-0.2, -0.15) is 0 Å². The maximum Gasteiger partial charge on any atom is 0.514 e. The van der Waals surface area contributed by atoms with Crippen LogP contribution in [0.2, 0.25) is 0 Å². The lowest BCUT2D eigenvalue weighted by atomic mass is 10.0. The van der Waals surface area contributed by atoms with Crippen LogP contribution in [0, 0.1) is 13.8 Å². The summed E-state index contributed by atoms with van der Waals surface area (Å²) < 4.78 is 21.5. The maximum atomic E-state index is 11.9. The molecule has 7 nitrogen and oxygen atoms in total. The quantitative estimate of drug-likeness (QED) is 0.339. The highest BCUT2D eigenvalue weighted by atomic mass is 16.7. The van der Waals surface area contributed by atoms with Gasteiger partial charge in [0.1, 0.15) is 11.4 Å². The summed E-state index contributed by atoms with van der Waals surface area (Å²) in [6.45, 7) is 9.37. The number of carbonyl (C=O) groups excluding carboxylic acids is 1. The van der Waals surface area contributed by atoms with Gasteiger partial charge in [0.15, 0.2) is 6.29 Å². The number of hydrogen-bond donors (Lipinski definition) is 1. The van der Waals surface area contributed by atoms with Crippen LogP contribution in [0.5, 0.6) is 5.75 Å². The van der Waals surface area contributed by atoms with Crippen LogP contribution >= 0.6 is 0 Å². The van der Waals surface area contributed by atoms with Crippen molar-refractivity contribution < 1.29 is 33.6 Å². The lowest BCUT2D eigenvalue weighted by Crippen LogP contribution is -2.26. The van der Waals surface area contributed by atoms with Crippen molar-refractivity contribution >= 4 is 18.2 Å². The molecule has 1 heterocycles. The van der Waals surface area contributed by atoms with E-state index in [1.807, 2.05) is 0 Å². The van der Waals surface area contributed by atoms with E-state index in [4.69, 9.17) is 18.9 Å². The van der Waals surface area contributed by atoms with E-state index in [0.29, 0.717) is 35.5 Å². The smallest absolute Gasteiger partial charge is 0.475 e. The number of ether oxygens (including phenoxy) is 4. The van der Waals surface area contributed by atoms with E-state index in [-0.39, 0.29) is 5.76 Å². The number of carbonyl (C=O) groups is 2. The average Bonchev–Trinajstić information content (AvgIpc) is 2.57. The van der Waals surface area contributed by atoms with Crippen LogP contribution in [-0.4, -0.2) is 35.7 Å². The molecule has 0 saturated carbocycles. The molecule has 1 aromatic rings. The van der Waals surface area contributed by atoms with Crippen LogP contribution in [0.4, 0.5) is 4.79 Å². The van der Waals surface area contributed by atoms with E-state index >= 15 is 0 Å². The minimum absolute atomic E-state index is 0.188. The zero-order valence-electron chi connectivity index (χ0n) is 17.0. The molecule has 1 aromatic carbocycles. The molecule has 0 spiro atoms. The molecule has 0 aliphatic carbocycles. The lowest BCUT2D eigenvalue weighted by molar-refractivity contribution is -0.159. The first-order valence-corrected chi connectivity index (χ1v) is 9.30. The summed E-state index contributed by atoms with van der Waals surface area (Å²) in [7, 11) is 0. The highest BCUT2D eigenvalue weighted by molar-refractivity contribution is 5.90. The molecular weight excluding hydrogens is 364 g/mol. The fourth-order valence-electron chi connectivity index (χ4n) is 2.83. The molecule has 1 aliphatic rings. The third-order valence-corrected chi connectivity index (χ3v) is 3.96. The highest BCUT2D eigenvalue weighted by Crippen LogP contribution is 2.27. The maximum absolute atomic E-state index is 11.9. The second-order valence-corrected chi connectivity index (χ2v) is 7.78. The predicted octanol–water partition coefficient (Wildman–Crippen LogP) is 4.59. The van der Waals surface area contributed by atoms with Crippen LogP contribution in [-0.2, 0) is 19.0 Å². The van der Waals surface area contributed by atoms with Crippen molar-refractivity contribution in [3.05, 3.63) is 34.6 Å². The second-order valence-electron chi connectivity index (χ2n) is 7.78. The van der Waals surface area contributed by atoms with Crippen molar-refractivity contribution in [2.45, 2.75) is 65.8 Å². The highest BCUT2D eigenvalue weighted by Gasteiger charge is 2.22. The van der Waals surface area contributed by atoms with Gasteiger partial charge in [-0.3, -0.25) is 0 Å². The van der Waals surface area contributed by atoms with Crippen LogP contribution in [0.3, 0.4) is 0 Å². The van der Waals surface area contributed by atoms with E-state index < -0.39 is 24.0 Å². The van der Waals surface area contributed by atoms with Gasteiger partial charge in [0.2, 0.25) is 5.76 Å². The normalized spacial score (nSPS) is 17.8. The Morgan fingerprint density at radius 1 is 1.18 bits per heavy atom. The van der Waals surface area contributed by atoms with E-state index in [2.05, 4.69) is 0 Å². The Kier molecular flexibility index (Phi) is 7.07. The van der Waals surface area contributed by atoms with Gasteiger partial charge in [-0.05, 0) is 82.4 Å². The molecule has 28 heavy (non-hydrogen) atoms. The number of carboxylic acid groups (broad SMARTS) is 1. The first kappa shape index (κ1) is 21.8. The zero-order chi connectivity index (χ0) is 20.9. The number of hydrogen-bond acceptors (Lipinski definition) is 6. The molecular formula is C21H28O7. The number of aryl methyl sites for hydroxylation is 2. The van der Waals surface area contributed by atoms with Gasteiger partial charge >= 0.3 is 12.1 Å². The molecule has 0 amide bonds. The third-order valence-electron chi connectivity index (χ3n) is 3.96. The van der Waals surface area contributed by atoms with E-state index in [0.717, 1.165) is 12.8 Å². The van der Waals surface area contributed by atoms with Gasteiger partial charge < -0.3 is 24.1 Å². The van der Waals surface area contributed by atoms with Crippen molar-refractivity contribution in [1.82, 2.24) is 0 Å². The Balaban J connectivity index is 2.19. The van der Waals surface area contributed by atoms with Crippen LogP contribution in [0.15, 0.2) is 17.9 Å². The van der Waals surface area contributed by atoms with Crippen molar-refractivity contribution in [3.63, 3.8) is 0 Å². The lowest BCUT2D eigenvalue weighted by Gasteiger charge is -2.23. The van der Waals surface area contributed by atoms with E-state index in [9.17, 15) is 14.7 Å². The van der Waals surface area contributed by atoms with Gasteiger partial charge in [-0.1, -0.05) is 0 Å². The minimum atomic E-state index is -1.17. The summed E-state index contributed by atoms with van der Waals surface area (Å²) in [6.07, 6.45) is 2.65. The van der Waals surface area contributed by atoms with Gasteiger partial charge in [-0.25, -0.2) is 9.59 Å². The summed E-state index contributed by atoms with van der Waals surface area (Å²) in [5.41, 5.74) is 1.32. The second kappa shape index (κ2) is 9.10. The molecule has 2 rings (SSSR count). The average molecular weight is 392 g/mol. The van der Waals surface area contributed by atoms with E-state index in [1.165, 1.54) is 6.08 Å². The fourth-order valence-corrected chi connectivity index (χ4v) is 2.83. The largest absolute Gasteiger partial charge is 0.514 e. The first-order chi connectivity index (χ1) is 13.0. The van der Waals surface area contributed by atoms with Crippen molar-refractivity contribution in [1.29, 1.82) is 0 Å². The van der Waals surface area contributed by atoms with Crippen LogP contribution < -0.4 is 4.74 Å². The zero-order valence-corrected chi connectivity index (χ0v) is 17.0. The summed E-state index contributed by atoms with van der Waals surface area (Å²) in [4.78, 5) is 23.5. The van der Waals surface area contributed by atoms with Crippen molar-refractivity contribution in [3.8, 4) is 5.75 Å². The molecule has 1 unspecified atom stereocenters. The van der Waals surface area contributed by atoms with Crippen LogP contribution in [0.1, 0.15) is 56.7 Å². The van der Waals surface area contributed by atoms with Crippen molar-refractivity contribution in [2.75, 3.05) is 6.61 Å². The Bertz CT molecular complexity index is 730. The molecule has 1 saturated heterocycles. The summed E-state index contributed by atoms with van der Waals surface area (Å²) in [5, 5.41) is 9.45. The predicted molar refractivity (Wildman–Crippen MR) is 103 cm³/mol. The third kappa shape index (κ3) is 6.56. The van der Waals surface area contributed by atoms with Gasteiger partial charge in [0.25, 0.3) is 0 Å². The summed E-state index contributed by atoms with van der Waals surface area (Å²) in [6, 6.07) is 3.45. The van der Waals surface area contributed by atoms with Gasteiger partial charge in [0, 0.05) is 6.42 Å². The number of rotatable bonds is 5. The standard InChI is InChI=1S/C21H28O7/c1-13-10-15(11-14(2)18(13)27-20(24)28-21(3,4)5)12-16(19(22)23)26-17-8-6-7-9-25-17/h10-12,17H,6-9H2,1-5H3,(H,22,23)/b16-12-. The first-order valence-electron chi connectivity index (χ1n) is 9.30. The SMILES string of the molecule is Cc1cc(/C=C(\OC2CCCCO2)C(=O)O)cc(C)c1OC(=O)OC(C)(C)C. The molecule has 0 aromatic heterocycles. The van der Waals surface area contributed by atoms with Crippen LogP contribution in [0.25, 0.3) is 6.08 Å². The Labute approximate surface area is 165 Å². The molecule has 0 bridgehead atoms. The van der Waals surface area contributed by atoms with Gasteiger partial charge in [0.05, 0.1) is 6.61 Å². The Morgan fingerprint density at radius 2 is 1.82 bits per heavy atom. The van der Waals surface area contributed by atoms with Crippen molar-refractivity contribution in [2.24, 2.45) is 0 Å². The fraction of sp³-hybridized carbons (Fsp3) is 0.524. The number of aliphatic carboxylic acids is 1. The molecule has 1 fully saturated rings. The Hall–Kier alpha value is -2.54. The molecule has 1 atom stereocenters. The molecule has 0 radical (unpaired) electrons. The van der Waals surface area contributed by atoms with E-state index in [1.54, 1.807) is 46.8 Å². The Morgan fingerprint density at radius 3 is 2.32 bits per heavy atom. The monoisotopic (exact) mass is 392 g/mol. The van der Waals surface area contributed by atoms with Gasteiger partial charge in [-0.15, -0.1) is 0 Å². The number of carboxylic acids is 1. The number of benzene rings is 1. The topological polar surface area (TPSA) is 91.3 Å². The molecule has 7 heteroatoms. The summed E-state index contributed by atoms with van der Waals surface area (Å²) in [5.74, 6) is -0.968. The molecule has 1 aliphatic heterocycles. The molecule has 154 valence electrons.